The Kier molecular flexibility index (Phi) is 2.32. The average Bonchev–Trinajstić information content (AvgIpc) is 2.93. The van der Waals surface area contributed by atoms with E-state index in [0.29, 0.717) is 0 Å². The van der Waals surface area contributed by atoms with Crippen LogP contribution in [0.2, 0.25) is 0 Å². The fourth-order valence-electron chi connectivity index (χ4n) is 1.63. The molecule has 3 heteroatoms. The minimum atomic E-state index is 0.777. The highest BCUT2D eigenvalue weighted by molar-refractivity contribution is 5.62. The molecule has 1 saturated carbocycles. The zero-order valence-corrected chi connectivity index (χ0v) is 8.83. The predicted octanol–water partition coefficient (Wildman–Crippen LogP) is 1.82. The summed E-state index contributed by atoms with van der Waals surface area (Å²) in [5, 5.41) is 0. The zero-order valence-electron chi connectivity index (χ0n) is 8.83. The lowest BCUT2D eigenvalue weighted by Gasteiger charge is -2.19. The van der Waals surface area contributed by atoms with Crippen molar-refractivity contribution in [3.63, 3.8) is 0 Å². The van der Waals surface area contributed by atoms with Crippen LogP contribution in [0.25, 0.3) is 0 Å². The van der Waals surface area contributed by atoms with Crippen LogP contribution in [-0.2, 0) is 0 Å². The van der Waals surface area contributed by atoms with E-state index >= 15 is 0 Å². The third kappa shape index (κ3) is 1.97. The van der Waals surface area contributed by atoms with Crippen molar-refractivity contribution >= 4 is 11.5 Å². The first-order valence-electron chi connectivity index (χ1n) is 5.11. The lowest BCUT2D eigenvalue weighted by molar-refractivity contribution is 0.777. The molecule has 1 aromatic heterocycles. The van der Waals surface area contributed by atoms with Crippen LogP contribution < -0.4 is 10.6 Å². The average molecular weight is 191 g/mol. The standard InChI is InChI=1S/C11H17N3/c1-8-3-6-10(12)11(13-8)14(2)7-9-4-5-9/h3,6,9H,4-5,7,12H2,1-2H3. The van der Waals surface area contributed by atoms with Crippen molar-refractivity contribution in [2.75, 3.05) is 24.2 Å². The summed E-state index contributed by atoms with van der Waals surface area (Å²) in [5.74, 6) is 1.79. The zero-order chi connectivity index (χ0) is 10.1. The number of hydrogen-bond donors (Lipinski definition) is 1. The smallest absolute Gasteiger partial charge is 0.151 e. The second-order valence-electron chi connectivity index (χ2n) is 4.19. The van der Waals surface area contributed by atoms with Crippen LogP contribution in [0.3, 0.4) is 0 Å². The molecule has 0 amide bonds. The molecule has 2 N–H and O–H groups in total. The molecule has 0 aliphatic heterocycles. The second-order valence-corrected chi connectivity index (χ2v) is 4.19. The van der Waals surface area contributed by atoms with Crippen molar-refractivity contribution in [2.45, 2.75) is 19.8 Å². The van der Waals surface area contributed by atoms with Gasteiger partial charge in [-0.15, -0.1) is 0 Å². The highest BCUT2D eigenvalue weighted by Crippen LogP contribution is 2.31. The number of pyridine rings is 1. The SMILES string of the molecule is Cc1ccc(N)c(N(C)CC2CC2)n1. The number of aromatic nitrogens is 1. The number of rotatable bonds is 3. The quantitative estimate of drug-likeness (QED) is 0.792. The normalized spacial score (nSPS) is 15.6. The Hall–Kier alpha value is -1.25. The van der Waals surface area contributed by atoms with Gasteiger partial charge in [-0.2, -0.15) is 0 Å². The summed E-state index contributed by atoms with van der Waals surface area (Å²) in [5.41, 5.74) is 7.68. The molecule has 3 nitrogen and oxygen atoms in total. The van der Waals surface area contributed by atoms with Crippen molar-refractivity contribution in [1.29, 1.82) is 0 Å². The summed E-state index contributed by atoms with van der Waals surface area (Å²) in [7, 11) is 2.07. The molecule has 0 bridgehead atoms. The molecule has 0 aromatic carbocycles. The number of nitrogen functional groups attached to an aromatic ring is 1. The molecule has 1 fully saturated rings. The molecule has 1 aromatic rings. The van der Waals surface area contributed by atoms with Crippen molar-refractivity contribution in [3.8, 4) is 0 Å². The van der Waals surface area contributed by atoms with E-state index in [1.807, 2.05) is 19.1 Å². The van der Waals surface area contributed by atoms with Gasteiger partial charge in [0.05, 0.1) is 5.69 Å². The molecular weight excluding hydrogens is 174 g/mol. The van der Waals surface area contributed by atoms with Gasteiger partial charge in [0.15, 0.2) is 5.82 Å². The topological polar surface area (TPSA) is 42.1 Å². The van der Waals surface area contributed by atoms with Gasteiger partial charge in [0.25, 0.3) is 0 Å². The molecule has 76 valence electrons. The Morgan fingerprint density at radius 2 is 2.21 bits per heavy atom. The molecule has 0 radical (unpaired) electrons. The van der Waals surface area contributed by atoms with Crippen LogP contribution in [0, 0.1) is 12.8 Å². The molecule has 0 atom stereocenters. The Bertz CT molecular complexity index is 331. The maximum Gasteiger partial charge on any atom is 0.151 e. The largest absolute Gasteiger partial charge is 0.396 e. The van der Waals surface area contributed by atoms with Crippen LogP contribution >= 0.6 is 0 Å². The summed E-state index contributed by atoms with van der Waals surface area (Å²) < 4.78 is 0. The first-order chi connectivity index (χ1) is 6.66. The molecule has 1 heterocycles. The summed E-state index contributed by atoms with van der Waals surface area (Å²) in [6.07, 6.45) is 2.71. The first kappa shape index (κ1) is 9.31. The van der Waals surface area contributed by atoms with Gasteiger partial charge in [-0.3, -0.25) is 0 Å². The Balaban J connectivity index is 2.15. The Labute approximate surface area is 84.9 Å². The summed E-state index contributed by atoms with van der Waals surface area (Å²) in [6, 6.07) is 3.88. The number of hydrogen-bond acceptors (Lipinski definition) is 3. The summed E-state index contributed by atoms with van der Waals surface area (Å²) in [4.78, 5) is 6.62. The van der Waals surface area contributed by atoms with Gasteiger partial charge in [0.2, 0.25) is 0 Å². The monoisotopic (exact) mass is 191 g/mol. The highest BCUT2D eigenvalue weighted by atomic mass is 15.2. The molecule has 0 spiro atoms. The van der Waals surface area contributed by atoms with E-state index < -0.39 is 0 Å². The number of nitrogens with zero attached hydrogens (tertiary/aromatic N) is 2. The maximum absolute atomic E-state index is 5.88. The van der Waals surface area contributed by atoms with Crippen LogP contribution in [0.4, 0.5) is 11.5 Å². The van der Waals surface area contributed by atoms with Crippen LogP contribution in [0.15, 0.2) is 12.1 Å². The Morgan fingerprint density at radius 1 is 1.50 bits per heavy atom. The molecule has 14 heavy (non-hydrogen) atoms. The van der Waals surface area contributed by atoms with Gasteiger partial charge >= 0.3 is 0 Å². The van der Waals surface area contributed by atoms with Gasteiger partial charge in [0, 0.05) is 19.3 Å². The molecule has 1 aliphatic carbocycles. The van der Waals surface area contributed by atoms with E-state index in [0.717, 1.165) is 29.7 Å². The van der Waals surface area contributed by atoms with Gasteiger partial charge < -0.3 is 10.6 Å². The van der Waals surface area contributed by atoms with Crippen LogP contribution in [0.5, 0.6) is 0 Å². The molecule has 0 unspecified atom stereocenters. The Morgan fingerprint density at radius 3 is 2.86 bits per heavy atom. The number of nitrogens with two attached hydrogens (primary N) is 1. The predicted molar refractivity (Wildman–Crippen MR) is 59.4 cm³/mol. The van der Waals surface area contributed by atoms with Crippen LogP contribution in [0.1, 0.15) is 18.5 Å². The summed E-state index contributed by atoms with van der Waals surface area (Å²) >= 11 is 0. The summed E-state index contributed by atoms with van der Waals surface area (Å²) in [6.45, 7) is 3.08. The highest BCUT2D eigenvalue weighted by Gasteiger charge is 2.23. The van der Waals surface area contributed by atoms with Gasteiger partial charge in [-0.05, 0) is 37.8 Å². The second kappa shape index (κ2) is 3.48. The fraction of sp³-hybridized carbons (Fsp3) is 0.545. The third-order valence-corrected chi connectivity index (χ3v) is 2.64. The van der Waals surface area contributed by atoms with E-state index in [4.69, 9.17) is 5.73 Å². The van der Waals surface area contributed by atoms with E-state index in [1.165, 1.54) is 12.8 Å². The van der Waals surface area contributed by atoms with E-state index in [9.17, 15) is 0 Å². The first-order valence-corrected chi connectivity index (χ1v) is 5.11. The lowest BCUT2D eigenvalue weighted by Crippen LogP contribution is -2.22. The maximum atomic E-state index is 5.88. The van der Waals surface area contributed by atoms with Crippen molar-refractivity contribution < 1.29 is 0 Å². The van der Waals surface area contributed by atoms with Gasteiger partial charge in [-0.25, -0.2) is 4.98 Å². The third-order valence-electron chi connectivity index (χ3n) is 2.64. The molecule has 0 saturated heterocycles. The van der Waals surface area contributed by atoms with Crippen molar-refractivity contribution in [1.82, 2.24) is 4.98 Å². The lowest BCUT2D eigenvalue weighted by atomic mass is 10.3. The fourth-order valence-corrected chi connectivity index (χ4v) is 1.63. The number of anilines is 2. The van der Waals surface area contributed by atoms with Crippen molar-refractivity contribution in [2.24, 2.45) is 5.92 Å². The minimum absolute atomic E-state index is 0.777. The number of aryl methyl sites for hydroxylation is 1. The molecular formula is C11H17N3. The minimum Gasteiger partial charge on any atom is -0.396 e. The van der Waals surface area contributed by atoms with E-state index in [2.05, 4.69) is 16.9 Å². The van der Waals surface area contributed by atoms with Gasteiger partial charge in [0.1, 0.15) is 0 Å². The van der Waals surface area contributed by atoms with Gasteiger partial charge in [-0.1, -0.05) is 0 Å². The molecule has 2 rings (SSSR count). The van der Waals surface area contributed by atoms with Crippen LogP contribution in [-0.4, -0.2) is 18.6 Å². The molecule has 1 aliphatic rings. The van der Waals surface area contributed by atoms with Crippen molar-refractivity contribution in [3.05, 3.63) is 17.8 Å². The van der Waals surface area contributed by atoms with E-state index in [1.54, 1.807) is 0 Å². The van der Waals surface area contributed by atoms with E-state index in [-0.39, 0.29) is 0 Å².